The van der Waals surface area contributed by atoms with E-state index >= 15 is 0 Å². The molecule has 0 aromatic rings. The van der Waals surface area contributed by atoms with Crippen molar-refractivity contribution in [3.8, 4) is 0 Å². The van der Waals surface area contributed by atoms with Gasteiger partial charge in [-0.25, -0.2) is 0 Å². The first-order valence-corrected chi connectivity index (χ1v) is 8.80. The molecule has 2 saturated carbocycles. The molecule has 5 nitrogen and oxygen atoms in total. The van der Waals surface area contributed by atoms with Crippen molar-refractivity contribution in [2.24, 2.45) is 0 Å². The summed E-state index contributed by atoms with van der Waals surface area (Å²) in [4.78, 5) is 17.4. The highest BCUT2D eigenvalue weighted by Crippen LogP contribution is 2.35. The first-order valence-electron chi connectivity index (χ1n) is 8.80. The summed E-state index contributed by atoms with van der Waals surface area (Å²) in [6.07, 6.45) is 8.55. The summed E-state index contributed by atoms with van der Waals surface area (Å²) >= 11 is 0. The minimum Gasteiger partial charge on any atom is -0.383 e. The lowest BCUT2D eigenvalue weighted by atomic mass is 10.2. The molecule has 5 heteroatoms. The Bertz CT molecular complexity index is 380. The van der Waals surface area contributed by atoms with Crippen LogP contribution in [0.1, 0.15) is 44.9 Å². The van der Waals surface area contributed by atoms with E-state index in [9.17, 15) is 4.79 Å². The van der Waals surface area contributed by atoms with Crippen LogP contribution in [0.15, 0.2) is 0 Å². The minimum absolute atomic E-state index is 0.230. The summed E-state index contributed by atoms with van der Waals surface area (Å²) in [6, 6.07) is 1.34. The van der Waals surface area contributed by atoms with Crippen LogP contribution >= 0.6 is 0 Å². The molecule has 0 bridgehead atoms. The lowest BCUT2D eigenvalue weighted by Crippen LogP contribution is -2.47. The predicted octanol–water partition coefficient (Wildman–Crippen LogP) is 1.66. The highest BCUT2D eigenvalue weighted by molar-refractivity contribution is 5.79. The van der Waals surface area contributed by atoms with Crippen LogP contribution in [0.4, 0.5) is 0 Å². The summed E-state index contributed by atoms with van der Waals surface area (Å²) in [5.41, 5.74) is 0. The van der Waals surface area contributed by atoms with Crippen LogP contribution in [0.2, 0.25) is 0 Å². The lowest BCUT2D eigenvalue weighted by molar-refractivity contribution is -0.135. The van der Waals surface area contributed by atoms with Gasteiger partial charge >= 0.3 is 0 Å². The predicted molar refractivity (Wildman–Crippen MR) is 84.8 cm³/mol. The normalized spacial score (nSPS) is 30.1. The van der Waals surface area contributed by atoms with Gasteiger partial charge in [0.1, 0.15) is 0 Å². The van der Waals surface area contributed by atoms with Crippen LogP contribution in [0.3, 0.4) is 0 Å². The molecule has 1 saturated heterocycles. The van der Waals surface area contributed by atoms with Crippen molar-refractivity contribution in [3.63, 3.8) is 0 Å². The van der Waals surface area contributed by atoms with E-state index in [4.69, 9.17) is 9.47 Å². The van der Waals surface area contributed by atoms with E-state index in [2.05, 4.69) is 9.80 Å². The molecule has 0 aromatic carbocycles. The van der Waals surface area contributed by atoms with Gasteiger partial charge in [0.2, 0.25) is 5.91 Å². The van der Waals surface area contributed by atoms with Crippen LogP contribution in [0, 0.1) is 0 Å². The number of ether oxygens (including phenoxy) is 2. The number of methoxy groups -OCH3 is 2. The van der Waals surface area contributed by atoms with Gasteiger partial charge in [-0.1, -0.05) is 12.8 Å². The molecular formula is C17H30N2O3. The number of likely N-dealkylation sites (tertiary alicyclic amines) is 1. The summed E-state index contributed by atoms with van der Waals surface area (Å²) in [5.74, 6) is 0.326. The summed E-state index contributed by atoms with van der Waals surface area (Å²) < 4.78 is 10.8. The van der Waals surface area contributed by atoms with E-state index < -0.39 is 0 Å². The second kappa shape index (κ2) is 7.28. The molecule has 0 radical (unpaired) electrons. The number of hydrogen-bond acceptors (Lipinski definition) is 4. The number of carbonyl (C=O) groups is 1. The zero-order chi connectivity index (χ0) is 15.5. The van der Waals surface area contributed by atoms with Gasteiger partial charge in [0.15, 0.2) is 0 Å². The van der Waals surface area contributed by atoms with Crippen LogP contribution in [0.25, 0.3) is 0 Å². The zero-order valence-electron chi connectivity index (χ0n) is 14.0. The zero-order valence-corrected chi connectivity index (χ0v) is 14.0. The molecule has 126 valence electrons. The SMILES string of the molecule is COC[C@@H]1C[C@H](OC)CN1CC(=O)N(C1CCCC1)C1CC1. The van der Waals surface area contributed by atoms with E-state index in [0.717, 1.165) is 13.0 Å². The average molecular weight is 310 g/mol. The second-order valence-corrected chi connectivity index (χ2v) is 7.10. The number of amides is 1. The van der Waals surface area contributed by atoms with Crippen molar-refractivity contribution in [1.82, 2.24) is 9.80 Å². The average Bonchev–Trinajstić information content (AvgIpc) is 3.04. The standard InChI is InChI=1S/C17H30N2O3/c1-21-12-15-9-16(22-2)10-18(15)11-17(20)19(14-7-8-14)13-5-3-4-6-13/h13-16H,3-12H2,1-2H3/t15-,16-/m0/s1. The fourth-order valence-corrected chi connectivity index (χ4v) is 4.16. The third kappa shape index (κ3) is 3.63. The molecule has 1 amide bonds. The topological polar surface area (TPSA) is 42.0 Å². The molecule has 2 aliphatic carbocycles. The maximum Gasteiger partial charge on any atom is 0.237 e. The minimum atomic E-state index is 0.230. The van der Waals surface area contributed by atoms with Crippen LogP contribution < -0.4 is 0 Å². The molecule has 0 unspecified atom stereocenters. The van der Waals surface area contributed by atoms with Crippen molar-refractivity contribution < 1.29 is 14.3 Å². The van der Waals surface area contributed by atoms with Crippen molar-refractivity contribution >= 4 is 5.91 Å². The molecule has 1 aliphatic heterocycles. The summed E-state index contributed by atoms with van der Waals surface area (Å²) in [7, 11) is 3.49. The molecular weight excluding hydrogens is 280 g/mol. The smallest absolute Gasteiger partial charge is 0.237 e. The fourth-order valence-electron chi connectivity index (χ4n) is 4.16. The summed E-state index contributed by atoms with van der Waals surface area (Å²) in [6.45, 7) is 2.06. The number of hydrogen-bond donors (Lipinski definition) is 0. The Balaban J connectivity index is 1.61. The molecule has 3 aliphatic rings. The van der Waals surface area contributed by atoms with Gasteiger partial charge in [-0.2, -0.15) is 0 Å². The first-order chi connectivity index (χ1) is 10.7. The van der Waals surface area contributed by atoms with Gasteiger partial charge in [0, 0.05) is 38.9 Å². The Morgan fingerprint density at radius 3 is 2.41 bits per heavy atom. The van der Waals surface area contributed by atoms with E-state index in [1.54, 1.807) is 14.2 Å². The Labute approximate surface area is 133 Å². The Morgan fingerprint density at radius 1 is 1.14 bits per heavy atom. The lowest BCUT2D eigenvalue weighted by Gasteiger charge is -2.32. The molecule has 3 rings (SSSR count). The van der Waals surface area contributed by atoms with Crippen molar-refractivity contribution in [2.45, 2.75) is 69.2 Å². The largest absolute Gasteiger partial charge is 0.383 e. The van der Waals surface area contributed by atoms with Crippen molar-refractivity contribution in [1.29, 1.82) is 0 Å². The van der Waals surface area contributed by atoms with Gasteiger partial charge in [0.05, 0.1) is 19.3 Å². The molecule has 1 heterocycles. The van der Waals surface area contributed by atoms with Gasteiger partial charge in [0.25, 0.3) is 0 Å². The van der Waals surface area contributed by atoms with E-state index in [1.807, 2.05) is 0 Å². The highest BCUT2D eigenvalue weighted by atomic mass is 16.5. The molecule has 0 spiro atoms. The highest BCUT2D eigenvalue weighted by Gasteiger charge is 2.40. The monoisotopic (exact) mass is 310 g/mol. The van der Waals surface area contributed by atoms with E-state index in [-0.39, 0.29) is 6.10 Å². The third-order valence-electron chi connectivity index (χ3n) is 5.47. The Hall–Kier alpha value is -0.650. The quantitative estimate of drug-likeness (QED) is 0.717. The van der Waals surface area contributed by atoms with E-state index in [0.29, 0.717) is 37.2 Å². The van der Waals surface area contributed by atoms with Gasteiger partial charge < -0.3 is 14.4 Å². The van der Waals surface area contributed by atoms with Crippen molar-refractivity contribution in [3.05, 3.63) is 0 Å². The third-order valence-corrected chi connectivity index (χ3v) is 5.47. The maximum atomic E-state index is 12.9. The van der Waals surface area contributed by atoms with Crippen LogP contribution in [0.5, 0.6) is 0 Å². The van der Waals surface area contributed by atoms with Gasteiger partial charge in [-0.05, 0) is 32.1 Å². The summed E-state index contributed by atoms with van der Waals surface area (Å²) in [5, 5.41) is 0. The van der Waals surface area contributed by atoms with Crippen molar-refractivity contribution in [2.75, 3.05) is 33.9 Å². The van der Waals surface area contributed by atoms with E-state index in [1.165, 1.54) is 38.5 Å². The number of rotatable bonds is 7. The molecule has 0 aromatic heterocycles. The Kier molecular flexibility index (Phi) is 5.37. The second-order valence-electron chi connectivity index (χ2n) is 7.10. The molecule has 2 atom stereocenters. The van der Waals surface area contributed by atoms with Crippen LogP contribution in [-0.4, -0.2) is 73.9 Å². The molecule has 3 fully saturated rings. The Morgan fingerprint density at radius 2 is 1.82 bits per heavy atom. The number of carbonyl (C=O) groups excluding carboxylic acids is 1. The van der Waals surface area contributed by atoms with Gasteiger partial charge in [-0.3, -0.25) is 9.69 Å². The maximum absolute atomic E-state index is 12.9. The molecule has 0 N–H and O–H groups in total. The van der Waals surface area contributed by atoms with Crippen LogP contribution in [-0.2, 0) is 14.3 Å². The first kappa shape index (κ1) is 16.2. The fraction of sp³-hybridized carbons (Fsp3) is 0.941. The van der Waals surface area contributed by atoms with Gasteiger partial charge in [-0.15, -0.1) is 0 Å². The molecule has 22 heavy (non-hydrogen) atoms. The number of nitrogens with zero attached hydrogens (tertiary/aromatic N) is 2.